The summed E-state index contributed by atoms with van der Waals surface area (Å²) in [5, 5.41) is 8.01. The van der Waals surface area contributed by atoms with Crippen molar-refractivity contribution in [3.05, 3.63) is 89.5 Å². The van der Waals surface area contributed by atoms with E-state index in [4.69, 9.17) is 10.1 Å². The van der Waals surface area contributed by atoms with E-state index in [-0.39, 0.29) is 36.8 Å². The largest absolute Gasteiger partial charge is 0.420 e. The van der Waals surface area contributed by atoms with Crippen LogP contribution in [0, 0.1) is 11.2 Å². The molecule has 2 aromatic heterocycles. The standard InChI is InChI=1S/C25H20F4N6O3/c26-16-5-3-14(4-6-16)18(30)10-17(25(27,28)29)22-32-12-19(33-22)23(36)34-8-9-35-20(13-34)38-21(24(35)37)15-2-1-7-31-11-15/h1-7,10-12,20-21,30H,8-9,13H2,(H,32,33)/b17-10+,30-18?. The fourth-order valence-corrected chi connectivity index (χ4v) is 4.30. The molecule has 0 spiro atoms. The van der Waals surface area contributed by atoms with Crippen molar-refractivity contribution >= 4 is 23.1 Å². The van der Waals surface area contributed by atoms with Crippen LogP contribution >= 0.6 is 0 Å². The molecule has 2 N–H and O–H groups in total. The summed E-state index contributed by atoms with van der Waals surface area (Å²) >= 11 is 0. The number of allylic oxidation sites excluding steroid dienone is 2. The third kappa shape index (κ3) is 4.92. The third-order valence-corrected chi connectivity index (χ3v) is 6.22. The van der Waals surface area contributed by atoms with E-state index in [2.05, 4.69) is 15.0 Å². The molecular formula is C25H20F4N6O3. The lowest BCUT2D eigenvalue weighted by Gasteiger charge is -2.35. The van der Waals surface area contributed by atoms with E-state index in [0.29, 0.717) is 11.6 Å². The molecule has 3 aromatic rings. The lowest BCUT2D eigenvalue weighted by atomic mass is 10.1. The second-order valence-corrected chi connectivity index (χ2v) is 8.66. The van der Waals surface area contributed by atoms with Crippen molar-refractivity contribution in [1.82, 2.24) is 24.8 Å². The molecular weight excluding hydrogens is 508 g/mol. The number of ether oxygens (including phenoxy) is 1. The molecule has 0 saturated carbocycles. The number of imidazole rings is 1. The minimum absolute atomic E-state index is 0.0207. The number of aromatic nitrogens is 3. The summed E-state index contributed by atoms with van der Waals surface area (Å²) < 4.78 is 60.5. The normalized spacial score (nSPS) is 20.0. The number of nitrogens with zero attached hydrogens (tertiary/aromatic N) is 4. The van der Waals surface area contributed by atoms with Crippen molar-refractivity contribution in [2.45, 2.75) is 18.5 Å². The number of rotatable bonds is 5. The van der Waals surface area contributed by atoms with Crippen LogP contribution in [0.4, 0.5) is 17.6 Å². The van der Waals surface area contributed by atoms with Crippen molar-refractivity contribution < 1.29 is 31.9 Å². The molecule has 13 heteroatoms. The Hall–Kier alpha value is -4.39. The lowest BCUT2D eigenvalue weighted by molar-refractivity contribution is -0.131. The number of nitrogens with one attached hydrogen (secondary N) is 2. The number of amides is 2. The Kier molecular flexibility index (Phi) is 6.53. The van der Waals surface area contributed by atoms with Crippen LogP contribution in [0.25, 0.3) is 5.57 Å². The molecule has 2 unspecified atom stereocenters. The van der Waals surface area contributed by atoms with Crippen molar-refractivity contribution in [1.29, 1.82) is 5.41 Å². The maximum Gasteiger partial charge on any atom is 0.420 e. The minimum Gasteiger partial charge on any atom is -0.338 e. The van der Waals surface area contributed by atoms with Gasteiger partial charge >= 0.3 is 6.18 Å². The highest BCUT2D eigenvalue weighted by atomic mass is 19.4. The van der Waals surface area contributed by atoms with Crippen LogP contribution < -0.4 is 0 Å². The SMILES string of the molecule is N=C(/C=C(\c1ncc(C(=O)N2CCN3C(=O)C(c4cccnc4)OC3C2)[nH]1)C(F)(F)F)c1ccc(F)cc1. The van der Waals surface area contributed by atoms with E-state index in [1.165, 1.54) is 28.1 Å². The predicted octanol–water partition coefficient (Wildman–Crippen LogP) is 3.34. The molecule has 0 radical (unpaired) electrons. The van der Waals surface area contributed by atoms with Crippen molar-refractivity contribution in [2.75, 3.05) is 19.6 Å². The van der Waals surface area contributed by atoms with Gasteiger partial charge in [0, 0.05) is 31.0 Å². The quantitative estimate of drug-likeness (QED) is 0.390. The molecule has 9 nitrogen and oxygen atoms in total. The fourth-order valence-electron chi connectivity index (χ4n) is 4.30. The van der Waals surface area contributed by atoms with Crippen LogP contribution in [0.15, 0.2) is 61.1 Å². The average Bonchev–Trinajstić information content (AvgIpc) is 3.51. The molecule has 2 aliphatic rings. The number of pyridine rings is 1. The summed E-state index contributed by atoms with van der Waals surface area (Å²) in [6, 6.07) is 7.84. The van der Waals surface area contributed by atoms with Gasteiger partial charge in [-0.3, -0.25) is 14.6 Å². The summed E-state index contributed by atoms with van der Waals surface area (Å²) in [6.45, 7) is 0.359. The van der Waals surface area contributed by atoms with Gasteiger partial charge in [0.25, 0.3) is 11.8 Å². The van der Waals surface area contributed by atoms with E-state index in [0.717, 1.165) is 18.3 Å². The molecule has 4 heterocycles. The maximum atomic E-state index is 13.8. The highest BCUT2D eigenvalue weighted by molar-refractivity contribution is 6.10. The molecule has 0 aliphatic carbocycles. The van der Waals surface area contributed by atoms with Gasteiger partial charge < -0.3 is 24.9 Å². The molecule has 2 atom stereocenters. The number of alkyl halides is 3. The zero-order chi connectivity index (χ0) is 27.0. The first kappa shape index (κ1) is 25.3. The number of aromatic amines is 1. The minimum atomic E-state index is -4.89. The van der Waals surface area contributed by atoms with Gasteiger partial charge in [-0.1, -0.05) is 6.07 Å². The molecule has 196 valence electrons. The summed E-state index contributed by atoms with van der Waals surface area (Å²) in [6.07, 6.45) is -1.80. The van der Waals surface area contributed by atoms with Gasteiger partial charge in [0.15, 0.2) is 12.3 Å². The molecule has 2 amide bonds. The van der Waals surface area contributed by atoms with E-state index in [9.17, 15) is 27.2 Å². The number of hydrogen-bond acceptors (Lipinski definition) is 6. The number of fused-ring (bicyclic) bond motifs is 1. The van der Waals surface area contributed by atoms with Crippen LogP contribution in [0.2, 0.25) is 0 Å². The summed E-state index contributed by atoms with van der Waals surface area (Å²) in [5.74, 6) is -2.09. The summed E-state index contributed by atoms with van der Waals surface area (Å²) in [4.78, 5) is 38.9. The van der Waals surface area contributed by atoms with Gasteiger partial charge in [0.1, 0.15) is 22.9 Å². The number of carbonyl (C=O) groups is 2. The topological polar surface area (TPSA) is 115 Å². The number of hydrogen-bond donors (Lipinski definition) is 2. The number of H-pyrrole nitrogens is 1. The summed E-state index contributed by atoms with van der Waals surface area (Å²) in [5.41, 5.74) is -1.31. The Morgan fingerprint density at radius 1 is 1.16 bits per heavy atom. The number of benzene rings is 1. The third-order valence-electron chi connectivity index (χ3n) is 6.22. The molecule has 2 fully saturated rings. The van der Waals surface area contributed by atoms with Gasteiger partial charge in [0.2, 0.25) is 0 Å². The van der Waals surface area contributed by atoms with Gasteiger partial charge in [0.05, 0.1) is 18.5 Å². The van der Waals surface area contributed by atoms with Crippen molar-refractivity contribution in [2.24, 2.45) is 0 Å². The second-order valence-electron chi connectivity index (χ2n) is 8.66. The molecule has 5 rings (SSSR count). The first-order valence-corrected chi connectivity index (χ1v) is 11.5. The monoisotopic (exact) mass is 528 g/mol. The summed E-state index contributed by atoms with van der Waals surface area (Å²) in [7, 11) is 0. The van der Waals surface area contributed by atoms with E-state index in [1.54, 1.807) is 18.3 Å². The number of halogens is 4. The van der Waals surface area contributed by atoms with Gasteiger partial charge in [-0.05, 0) is 42.0 Å². The van der Waals surface area contributed by atoms with E-state index < -0.39 is 47.3 Å². The average molecular weight is 528 g/mol. The smallest absolute Gasteiger partial charge is 0.338 e. The first-order valence-electron chi connectivity index (χ1n) is 11.5. The Labute approximate surface area is 213 Å². The van der Waals surface area contributed by atoms with Crippen LogP contribution in [0.5, 0.6) is 0 Å². The van der Waals surface area contributed by atoms with E-state index in [1.807, 2.05) is 0 Å². The van der Waals surface area contributed by atoms with Gasteiger partial charge in [-0.15, -0.1) is 0 Å². The Balaban J connectivity index is 1.32. The highest BCUT2D eigenvalue weighted by Gasteiger charge is 2.45. The second kappa shape index (κ2) is 9.82. The zero-order valence-electron chi connectivity index (χ0n) is 19.6. The van der Waals surface area contributed by atoms with Gasteiger partial charge in [-0.2, -0.15) is 13.2 Å². The Morgan fingerprint density at radius 3 is 2.61 bits per heavy atom. The first-order chi connectivity index (χ1) is 18.1. The van der Waals surface area contributed by atoms with Gasteiger partial charge in [-0.25, -0.2) is 9.37 Å². The molecule has 1 aromatic carbocycles. The fraction of sp³-hybridized carbons (Fsp3) is 0.240. The highest BCUT2D eigenvalue weighted by Crippen LogP contribution is 2.34. The predicted molar refractivity (Wildman–Crippen MR) is 125 cm³/mol. The van der Waals surface area contributed by atoms with Crippen molar-refractivity contribution in [3.63, 3.8) is 0 Å². The Bertz CT molecular complexity index is 1400. The molecule has 38 heavy (non-hydrogen) atoms. The van der Waals surface area contributed by atoms with E-state index >= 15 is 0 Å². The molecule has 0 bridgehead atoms. The zero-order valence-corrected chi connectivity index (χ0v) is 19.6. The van der Waals surface area contributed by atoms with Crippen molar-refractivity contribution in [3.8, 4) is 0 Å². The molecule has 2 saturated heterocycles. The van der Waals surface area contributed by atoms with Crippen LogP contribution in [0.3, 0.4) is 0 Å². The lowest BCUT2D eigenvalue weighted by Crippen LogP contribution is -2.53. The number of piperazine rings is 1. The molecule has 2 aliphatic heterocycles. The van der Waals surface area contributed by atoms with Crippen LogP contribution in [-0.4, -0.2) is 74.3 Å². The maximum absolute atomic E-state index is 13.8. The van der Waals surface area contributed by atoms with Crippen LogP contribution in [0.1, 0.15) is 33.5 Å². The Morgan fingerprint density at radius 2 is 1.92 bits per heavy atom. The number of carbonyl (C=O) groups excluding carboxylic acids is 2. The van der Waals surface area contributed by atoms with Crippen LogP contribution in [-0.2, 0) is 9.53 Å².